The molecule has 0 heterocycles. The van der Waals surface area contributed by atoms with Gasteiger partial charge in [0.15, 0.2) is 0 Å². The fraction of sp³-hybridized carbons (Fsp3) is 0.467. The monoisotopic (exact) mass is 1250 g/mol. The van der Waals surface area contributed by atoms with Crippen LogP contribution >= 0.6 is 24.8 Å². The Bertz CT molecular complexity index is 2700. The van der Waals surface area contributed by atoms with Crippen LogP contribution in [-0.4, -0.2) is 13.1 Å². The van der Waals surface area contributed by atoms with E-state index in [0.717, 1.165) is 106 Å². The summed E-state index contributed by atoms with van der Waals surface area (Å²) in [7, 11) is 0. The number of hydrogen-bond donors (Lipinski definition) is 0. The van der Waals surface area contributed by atoms with Crippen molar-refractivity contribution in [1.82, 2.24) is 0 Å². The average Bonchev–Trinajstić information content (AvgIpc) is 4.05. The molecule has 0 nitrogen and oxygen atoms in total. The van der Waals surface area contributed by atoms with E-state index in [1.807, 2.05) is 24.3 Å². The minimum absolute atomic E-state index is 0. The van der Waals surface area contributed by atoms with E-state index >= 15 is 0 Å². The van der Waals surface area contributed by atoms with Gasteiger partial charge < -0.3 is 14.4 Å². The number of halogens is 17. The van der Waals surface area contributed by atoms with Gasteiger partial charge in [0, 0.05) is 0 Å². The maximum absolute atomic E-state index is 13.4. The summed E-state index contributed by atoms with van der Waals surface area (Å²) in [6, 6.07) is 22.2. The number of alkyl halides is 15. The summed E-state index contributed by atoms with van der Waals surface area (Å²) >= 11 is 1.36. The second kappa shape index (κ2) is 24.9. The summed E-state index contributed by atoms with van der Waals surface area (Å²) in [4.78, 5) is 0. The van der Waals surface area contributed by atoms with Crippen molar-refractivity contribution in [3.63, 3.8) is 0 Å². The Morgan fingerprint density at radius 2 is 0.696 bits per heavy atom. The molecule has 79 heavy (non-hydrogen) atoms. The summed E-state index contributed by atoms with van der Waals surface area (Å²) in [6.45, 7) is 5.69. The molecule has 8 aliphatic carbocycles. The van der Waals surface area contributed by atoms with Crippen molar-refractivity contribution in [2.45, 2.75) is 114 Å². The van der Waals surface area contributed by atoms with Gasteiger partial charge in [0.05, 0.1) is 22.3 Å². The summed E-state index contributed by atoms with van der Waals surface area (Å²) < 4.78 is 193. The number of rotatable bonds is 6. The molecule has 430 valence electrons. The number of fused-ring (bicyclic) bond motifs is 2. The van der Waals surface area contributed by atoms with E-state index in [-0.39, 0.29) is 55.5 Å². The molecule has 6 aromatic carbocycles. The Hall–Kier alpha value is -3.27. The molecule has 8 bridgehead atoms. The maximum atomic E-state index is 13.4. The van der Waals surface area contributed by atoms with Crippen LogP contribution in [0.1, 0.15) is 104 Å². The van der Waals surface area contributed by atoms with Gasteiger partial charge >= 0.3 is 61.1 Å². The molecule has 0 spiro atoms. The average molecular weight is 1260 g/mol. The van der Waals surface area contributed by atoms with Crippen molar-refractivity contribution in [2.24, 2.45) is 59.2 Å². The molecule has 0 aromatic heterocycles. The quantitative estimate of drug-likeness (QED) is 0.0886. The van der Waals surface area contributed by atoms with Crippen molar-refractivity contribution in [3.8, 4) is 22.3 Å². The second-order valence-electron chi connectivity index (χ2n) is 22.4. The van der Waals surface area contributed by atoms with E-state index in [1.54, 1.807) is 24.3 Å². The van der Waals surface area contributed by atoms with Gasteiger partial charge in [0.2, 0.25) is 0 Å². The topological polar surface area (TPSA) is 0 Å². The van der Waals surface area contributed by atoms with Gasteiger partial charge in [-0.2, -0.15) is 78.0 Å². The van der Waals surface area contributed by atoms with Crippen LogP contribution in [0.2, 0.25) is 0 Å². The molecule has 0 aliphatic heterocycles. The van der Waals surface area contributed by atoms with E-state index in [0.29, 0.717) is 33.7 Å². The molecule has 14 rings (SSSR count). The van der Waals surface area contributed by atoms with Crippen LogP contribution in [0.15, 0.2) is 97.1 Å². The third-order valence-corrected chi connectivity index (χ3v) is 17.5. The van der Waals surface area contributed by atoms with Gasteiger partial charge in [-0.3, -0.25) is 0 Å². The van der Waals surface area contributed by atoms with Crippen LogP contribution in [0.5, 0.6) is 0 Å². The van der Waals surface area contributed by atoms with Crippen molar-refractivity contribution in [2.75, 3.05) is 0 Å². The molecular weight excluding hydrogens is 1200 g/mol. The van der Waals surface area contributed by atoms with Crippen molar-refractivity contribution >= 4 is 53.2 Å². The summed E-state index contributed by atoms with van der Waals surface area (Å²) in [5, 5.41) is 3.16. The Labute approximate surface area is 480 Å². The van der Waals surface area contributed by atoms with Crippen LogP contribution < -0.4 is 0 Å². The van der Waals surface area contributed by atoms with Gasteiger partial charge in [0.1, 0.15) is 0 Å². The van der Waals surface area contributed by atoms with Gasteiger partial charge in [-0.1, -0.05) is 29.7 Å². The second-order valence-corrected chi connectivity index (χ2v) is 22.4. The third kappa shape index (κ3) is 14.7. The molecule has 0 N–H and O–H groups in total. The SMILES string of the molecule is Cl.Cl.FC(F)(F)c1cc(-c2cccc3[cH-]c(CC4C5CC6CC(C5)CC4C6)cc23)cc(C(F)(F)F)c1.FC(F)(F)c1cc(-c2cccc3[cH-]c(CC4C5CC6CC(C5)CC4C6)cc23)cc(C(F)(F)F)c1.[CH2-]CC(F)(F)F.[CH3-].[Si]=[Zr]. The molecule has 0 amide bonds. The number of hydrogen-bond acceptors (Lipinski definition) is 0. The van der Waals surface area contributed by atoms with Crippen molar-refractivity contribution < 1.29 is 89.2 Å². The Morgan fingerprint density at radius 3 is 0.937 bits per heavy atom. The first-order chi connectivity index (χ1) is 35.6. The van der Waals surface area contributed by atoms with Crippen LogP contribution in [0, 0.1) is 73.5 Å². The summed E-state index contributed by atoms with van der Waals surface area (Å²) in [5.74, 6) is 7.83. The van der Waals surface area contributed by atoms with E-state index in [4.69, 9.17) is 0 Å². The number of benzene rings is 4. The molecule has 8 fully saturated rings. The van der Waals surface area contributed by atoms with Crippen LogP contribution in [0.3, 0.4) is 0 Å². The van der Waals surface area contributed by atoms with Gasteiger partial charge in [-0.25, -0.2) is 0 Å². The zero-order chi connectivity index (χ0) is 54.9. The van der Waals surface area contributed by atoms with Crippen LogP contribution in [0.4, 0.5) is 65.9 Å². The molecule has 2 radical (unpaired) electrons. The molecule has 0 unspecified atom stereocenters. The molecule has 6 aromatic rings. The van der Waals surface area contributed by atoms with Crippen LogP contribution in [0.25, 0.3) is 43.8 Å². The molecule has 19 heteroatoms. The molecule has 0 atom stereocenters. The summed E-state index contributed by atoms with van der Waals surface area (Å²) in [5.41, 5.74) is -2.14. The standard InChI is InChI=1S/2C28H25F6.C3H4F3.CH3.2ClH.Si.Zr/c2*29-27(30,31)22-12-21(13-23(14-22)28(32,33)34)24-3-1-2-18-5-17(11-26(18)24)10-25-19-6-15-4-16(8-19)9-20(25)7-15;1-2-3(4,5)6;;;;;/h2*1-3,5,11-16,19-20,25H,4,6-10H2;1-2H2;1H3;2*1H;;/q4*-1;;;;. The first-order valence-corrected chi connectivity index (χ1v) is 29.9. The predicted octanol–water partition coefficient (Wildman–Crippen LogP) is 20.4. The predicted molar refractivity (Wildman–Crippen MR) is 281 cm³/mol. The van der Waals surface area contributed by atoms with Crippen molar-refractivity contribution in [1.29, 1.82) is 0 Å². The Morgan fingerprint density at radius 1 is 0.430 bits per heavy atom. The summed E-state index contributed by atoms with van der Waals surface area (Å²) in [6.07, 6.45) is -9.32. The Balaban J connectivity index is 0.000000218. The van der Waals surface area contributed by atoms with Gasteiger partial charge in [0.25, 0.3) is 0 Å². The Kier molecular flexibility index (Phi) is 20.5. The van der Waals surface area contributed by atoms with Crippen LogP contribution in [-0.2, 0) is 60.9 Å². The van der Waals surface area contributed by atoms with E-state index in [1.165, 1.54) is 87.5 Å². The minimum atomic E-state index is -4.86. The van der Waals surface area contributed by atoms with Crippen molar-refractivity contribution in [3.05, 3.63) is 145 Å². The molecule has 0 saturated heterocycles. The van der Waals surface area contributed by atoms with E-state index in [2.05, 4.69) is 25.9 Å². The van der Waals surface area contributed by atoms with Gasteiger partial charge in [-0.05, 0) is 184 Å². The normalized spacial score (nSPS) is 25.7. The molecule has 8 aliphatic rings. The van der Waals surface area contributed by atoms with E-state index < -0.39 is 59.6 Å². The fourth-order valence-electron chi connectivity index (χ4n) is 14.8. The third-order valence-electron chi connectivity index (χ3n) is 17.5. The zero-order valence-electron chi connectivity index (χ0n) is 42.9. The molecule has 8 saturated carbocycles. The van der Waals surface area contributed by atoms with Gasteiger partial charge in [-0.15, -0.1) is 93.9 Å². The molecular formula is C60H59Cl2F15SiZr-4. The fourth-order valence-corrected chi connectivity index (χ4v) is 14.8. The first kappa shape index (κ1) is 64.9. The first-order valence-electron chi connectivity index (χ1n) is 25.7. The zero-order valence-corrected chi connectivity index (χ0v) is 48.0. The van der Waals surface area contributed by atoms with E-state index in [9.17, 15) is 65.9 Å².